The first kappa shape index (κ1) is 11.5. The van der Waals surface area contributed by atoms with E-state index in [1.54, 1.807) is 31.4 Å². The van der Waals surface area contributed by atoms with Crippen molar-refractivity contribution in [2.45, 2.75) is 0 Å². The van der Waals surface area contributed by atoms with Gasteiger partial charge >= 0.3 is 0 Å². The van der Waals surface area contributed by atoms with E-state index in [9.17, 15) is 4.39 Å². The molecule has 2 aromatic carbocycles. The Morgan fingerprint density at radius 2 is 2.05 bits per heavy atom. The molecule has 0 aliphatic heterocycles. The Hall–Kier alpha value is -2.56. The summed E-state index contributed by atoms with van der Waals surface area (Å²) in [6, 6.07) is 9.45. The van der Waals surface area contributed by atoms with Gasteiger partial charge in [0, 0.05) is 11.6 Å². The van der Waals surface area contributed by atoms with Crippen molar-refractivity contribution in [1.82, 2.24) is 4.98 Å². The molecule has 0 saturated carbocycles. The first-order chi connectivity index (χ1) is 9.17. The van der Waals surface area contributed by atoms with Crippen LogP contribution in [0.25, 0.3) is 22.6 Å². The Kier molecular flexibility index (Phi) is 2.59. The fourth-order valence-corrected chi connectivity index (χ4v) is 1.89. The van der Waals surface area contributed by atoms with Crippen molar-refractivity contribution in [2.75, 3.05) is 12.8 Å². The summed E-state index contributed by atoms with van der Waals surface area (Å²) in [7, 11) is 1.55. The molecule has 0 unspecified atom stereocenters. The van der Waals surface area contributed by atoms with Gasteiger partial charge in [-0.1, -0.05) is 0 Å². The van der Waals surface area contributed by atoms with Gasteiger partial charge in [-0.05, 0) is 30.3 Å². The van der Waals surface area contributed by atoms with Crippen molar-refractivity contribution in [2.24, 2.45) is 0 Å². The largest absolute Gasteiger partial charge is 0.495 e. The zero-order chi connectivity index (χ0) is 13.4. The second kappa shape index (κ2) is 4.28. The number of nitrogen functional groups attached to an aromatic ring is 1. The molecule has 0 bridgehead atoms. The van der Waals surface area contributed by atoms with Gasteiger partial charge in [-0.15, -0.1) is 0 Å². The number of oxazole rings is 1. The number of hydrogen-bond acceptors (Lipinski definition) is 4. The molecular weight excluding hydrogens is 247 g/mol. The molecular formula is C14H11FN2O2. The Balaban J connectivity index is 2.11. The normalized spacial score (nSPS) is 10.8. The quantitative estimate of drug-likeness (QED) is 0.717. The molecule has 3 rings (SSSR count). The number of nitrogens with zero attached hydrogens (tertiary/aromatic N) is 1. The van der Waals surface area contributed by atoms with E-state index < -0.39 is 0 Å². The molecule has 96 valence electrons. The molecule has 1 heterocycles. The highest BCUT2D eigenvalue weighted by Crippen LogP contribution is 2.30. The Morgan fingerprint density at radius 1 is 1.21 bits per heavy atom. The summed E-state index contributed by atoms with van der Waals surface area (Å²) in [5.41, 5.74) is 8.05. The SMILES string of the molecule is COc1ccc(-c2nc3ccc(F)cc3o2)cc1N. The topological polar surface area (TPSA) is 61.3 Å². The van der Waals surface area contributed by atoms with Gasteiger partial charge in [-0.3, -0.25) is 0 Å². The average molecular weight is 258 g/mol. The Labute approximate surface area is 108 Å². The number of rotatable bonds is 2. The summed E-state index contributed by atoms with van der Waals surface area (Å²) < 4.78 is 23.7. The van der Waals surface area contributed by atoms with Crippen LogP contribution in [-0.4, -0.2) is 12.1 Å². The van der Waals surface area contributed by atoms with Crippen molar-refractivity contribution in [3.05, 3.63) is 42.2 Å². The number of halogens is 1. The van der Waals surface area contributed by atoms with Crippen molar-refractivity contribution in [1.29, 1.82) is 0 Å². The summed E-state index contributed by atoms with van der Waals surface area (Å²) >= 11 is 0. The second-order valence-corrected chi connectivity index (χ2v) is 4.09. The van der Waals surface area contributed by atoms with Crippen LogP contribution in [0.2, 0.25) is 0 Å². The van der Waals surface area contributed by atoms with Gasteiger partial charge in [0.15, 0.2) is 5.58 Å². The summed E-state index contributed by atoms with van der Waals surface area (Å²) in [4.78, 5) is 4.29. The molecule has 5 heteroatoms. The number of methoxy groups -OCH3 is 1. The summed E-state index contributed by atoms with van der Waals surface area (Å²) in [5.74, 6) is 0.630. The van der Waals surface area contributed by atoms with Gasteiger partial charge in [0.1, 0.15) is 17.1 Å². The van der Waals surface area contributed by atoms with Crippen LogP contribution in [0.15, 0.2) is 40.8 Å². The average Bonchev–Trinajstić information content (AvgIpc) is 2.81. The molecule has 0 radical (unpaired) electrons. The van der Waals surface area contributed by atoms with Crippen molar-refractivity contribution < 1.29 is 13.5 Å². The maximum atomic E-state index is 13.1. The van der Waals surface area contributed by atoms with Crippen molar-refractivity contribution >= 4 is 16.8 Å². The van der Waals surface area contributed by atoms with Gasteiger partial charge < -0.3 is 14.9 Å². The first-order valence-corrected chi connectivity index (χ1v) is 5.67. The number of fused-ring (bicyclic) bond motifs is 1. The summed E-state index contributed by atoms with van der Waals surface area (Å²) in [6.45, 7) is 0. The van der Waals surface area contributed by atoms with E-state index >= 15 is 0 Å². The zero-order valence-electron chi connectivity index (χ0n) is 10.2. The lowest BCUT2D eigenvalue weighted by Crippen LogP contribution is -1.92. The van der Waals surface area contributed by atoms with Crippen LogP contribution in [0.1, 0.15) is 0 Å². The van der Waals surface area contributed by atoms with E-state index in [1.165, 1.54) is 12.1 Å². The number of aromatic nitrogens is 1. The minimum absolute atomic E-state index is 0.357. The third kappa shape index (κ3) is 1.99. The molecule has 4 nitrogen and oxygen atoms in total. The van der Waals surface area contributed by atoms with Crippen LogP contribution in [0.5, 0.6) is 5.75 Å². The van der Waals surface area contributed by atoms with E-state index in [-0.39, 0.29) is 5.82 Å². The number of ether oxygens (including phenoxy) is 1. The van der Waals surface area contributed by atoms with E-state index in [2.05, 4.69) is 4.98 Å². The maximum Gasteiger partial charge on any atom is 0.227 e. The molecule has 0 spiro atoms. The van der Waals surface area contributed by atoms with E-state index in [0.717, 1.165) is 5.56 Å². The Bertz CT molecular complexity index is 752. The van der Waals surface area contributed by atoms with Crippen LogP contribution in [-0.2, 0) is 0 Å². The number of benzene rings is 2. The third-order valence-electron chi connectivity index (χ3n) is 2.83. The molecule has 19 heavy (non-hydrogen) atoms. The number of hydrogen-bond donors (Lipinski definition) is 1. The highest BCUT2D eigenvalue weighted by atomic mass is 19.1. The molecule has 3 aromatic rings. The molecule has 0 amide bonds. The van der Waals surface area contributed by atoms with Crippen molar-refractivity contribution in [3.8, 4) is 17.2 Å². The predicted molar refractivity (Wildman–Crippen MR) is 70.4 cm³/mol. The minimum Gasteiger partial charge on any atom is -0.495 e. The first-order valence-electron chi connectivity index (χ1n) is 5.67. The lowest BCUT2D eigenvalue weighted by molar-refractivity contribution is 0.417. The number of anilines is 1. The minimum atomic E-state index is -0.357. The fourth-order valence-electron chi connectivity index (χ4n) is 1.89. The zero-order valence-corrected chi connectivity index (χ0v) is 10.2. The summed E-state index contributed by atoms with van der Waals surface area (Å²) in [5, 5.41) is 0. The van der Waals surface area contributed by atoms with Gasteiger partial charge in [0.05, 0.1) is 12.8 Å². The summed E-state index contributed by atoms with van der Waals surface area (Å²) in [6.07, 6.45) is 0. The molecule has 1 aromatic heterocycles. The molecule has 0 atom stereocenters. The van der Waals surface area contributed by atoms with Crippen LogP contribution < -0.4 is 10.5 Å². The number of nitrogens with two attached hydrogens (primary N) is 1. The monoisotopic (exact) mass is 258 g/mol. The third-order valence-corrected chi connectivity index (χ3v) is 2.83. The van der Waals surface area contributed by atoms with Crippen LogP contribution in [0, 0.1) is 5.82 Å². The van der Waals surface area contributed by atoms with E-state index in [0.29, 0.717) is 28.4 Å². The fraction of sp³-hybridized carbons (Fsp3) is 0.0714. The van der Waals surface area contributed by atoms with Gasteiger partial charge in [-0.2, -0.15) is 0 Å². The molecule has 2 N–H and O–H groups in total. The Morgan fingerprint density at radius 3 is 2.79 bits per heavy atom. The van der Waals surface area contributed by atoms with Crippen molar-refractivity contribution in [3.63, 3.8) is 0 Å². The standard InChI is InChI=1S/C14H11FN2O2/c1-18-12-5-2-8(6-10(12)16)14-17-11-4-3-9(15)7-13(11)19-14/h2-7H,16H2,1H3. The van der Waals surface area contributed by atoms with E-state index in [4.69, 9.17) is 14.9 Å². The molecule has 0 saturated heterocycles. The molecule has 0 aliphatic rings. The van der Waals surface area contributed by atoms with Gasteiger partial charge in [-0.25, -0.2) is 9.37 Å². The lowest BCUT2D eigenvalue weighted by atomic mass is 10.2. The second-order valence-electron chi connectivity index (χ2n) is 4.09. The van der Waals surface area contributed by atoms with Crippen LogP contribution >= 0.6 is 0 Å². The molecule has 0 aliphatic carbocycles. The van der Waals surface area contributed by atoms with E-state index in [1.807, 2.05) is 0 Å². The van der Waals surface area contributed by atoms with Gasteiger partial charge in [0.2, 0.25) is 5.89 Å². The highest BCUT2D eigenvalue weighted by molar-refractivity contribution is 5.77. The highest BCUT2D eigenvalue weighted by Gasteiger charge is 2.10. The maximum absolute atomic E-state index is 13.1. The smallest absolute Gasteiger partial charge is 0.227 e. The van der Waals surface area contributed by atoms with Crippen LogP contribution in [0.3, 0.4) is 0 Å². The predicted octanol–water partition coefficient (Wildman–Crippen LogP) is 3.22. The van der Waals surface area contributed by atoms with Gasteiger partial charge in [0.25, 0.3) is 0 Å². The lowest BCUT2D eigenvalue weighted by Gasteiger charge is -2.04. The van der Waals surface area contributed by atoms with Crippen LogP contribution in [0.4, 0.5) is 10.1 Å². The molecule has 0 fully saturated rings.